The van der Waals surface area contributed by atoms with Crippen LogP contribution in [0.3, 0.4) is 0 Å². The van der Waals surface area contributed by atoms with Gasteiger partial charge in [0.15, 0.2) is 0 Å². The molecule has 0 bridgehead atoms. The molecule has 0 unspecified atom stereocenters. The van der Waals surface area contributed by atoms with Gasteiger partial charge >= 0.3 is 5.97 Å². The molecule has 2 aromatic heterocycles. The van der Waals surface area contributed by atoms with Crippen LogP contribution in [0.4, 0.5) is 0 Å². The highest BCUT2D eigenvalue weighted by atomic mass is 16.4. The third-order valence-electron chi connectivity index (χ3n) is 2.39. The number of carbonyl (C=O) groups is 1. The Hall–Kier alpha value is -2.18. The van der Waals surface area contributed by atoms with Crippen LogP contribution in [0.2, 0.25) is 0 Å². The molecule has 0 atom stereocenters. The third-order valence-corrected chi connectivity index (χ3v) is 2.39. The van der Waals surface area contributed by atoms with Crippen molar-refractivity contribution in [1.29, 1.82) is 0 Å². The highest BCUT2D eigenvalue weighted by molar-refractivity contribution is 5.67. The highest BCUT2D eigenvalue weighted by Gasteiger charge is 2.11. The Bertz CT molecular complexity index is 598. The predicted octanol–water partition coefficient (Wildman–Crippen LogP) is -0.257. The van der Waals surface area contributed by atoms with E-state index in [1.54, 1.807) is 6.92 Å². The molecule has 2 N–H and O–H groups in total. The fourth-order valence-corrected chi connectivity index (χ4v) is 1.57. The van der Waals surface area contributed by atoms with Gasteiger partial charge in [0.1, 0.15) is 6.33 Å². The second-order valence-electron chi connectivity index (χ2n) is 3.41. The van der Waals surface area contributed by atoms with Crippen molar-refractivity contribution >= 4 is 11.7 Å². The Labute approximate surface area is 89.8 Å². The van der Waals surface area contributed by atoms with Crippen molar-refractivity contribution in [3.05, 3.63) is 27.9 Å². The Morgan fingerprint density at radius 2 is 2.38 bits per heavy atom. The zero-order chi connectivity index (χ0) is 11.7. The lowest BCUT2D eigenvalue weighted by Crippen LogP contribution is -2.19. The zero-order valence-corrected chi connectivity index (χ0v) is 8.60. The molecule has 0 radical (unpaired) electrons. The number of aromatic amines is 1. The normalized spacial score (nSPS) is 10.8. The van der Waals surface area contributed by atoms with Crippen LogP contribution in [0.25, 0.3) is 5.78 Å². The Kier molecular flexibility index (Phi) is 2.43. The Morgan fingerprint density at radius 3 is 3.06 bits per heavy atom. The van der Waals surface area contributed by atoms with E-state index in [0.29, 0.717) is 17.0 Å². The van der Waals surface area contributed by atoms with Crippen molar-refractivity contribution in [3.63, 3.8) is 0 Å². The van der Waals surface area contributed by atoms with Crippen molar-refractivity contribution < 1.29 is 9.90 Å². The minimum absolute atomic E-state index is 0.0792. The van der Waals surface area contributed by atoms with Gasteiger partial charge < -0.3 is 5.11 Å². The van der Waals surface area contributed by atoms with Crippen LogP contribution in [0.15, 0.2) is 11.1 Å². The molecule has 0 aliphatic heterocycles. The topological polar surface area (TPSA) is 100 Å². The molecule has 0 aliphatic carbocycles. The molecular weight excluding hydrogens is 212 g/mol. The number of aromatic nitrogens is 4. The molecule has 0 amide bonds. The average molecular weight is 222 g/mol. The summed E-state index contributed by atoms with van der Waals surface area (Å²) in [7, 11) is 0. The Morgan fingerprint density at radius 1 is 1.62 bits per heavy atom. The second-order valence-corrected chi connectivity index (χ2v) is 3.41. The van der Waals surface area contributed by atoms with Crippen LogP contribution in [0, 0.1) is 6.92 Å². The van der Waals surface area contributed by atoms with E-state index in [-0.39, 0.29) is 18.4 Å². The lowest BCUT2D eigenvalue weighted by molar-refractivity contribution is -0.136. The van der Waals surface area contributed by atoms with Gasteiger partial charge in [0.2, 0.25) is 5.78 Å². The summed E-state index contributed by atoms with van der Waals surface area (Å²) < 4.78 is 1.48. The lowest BCUT2D eigenvalue weighted by Gasteiger charge is -2.04. The number of carboxylic acid groups (broad SMARTS) is 1. The van der Waals surface area contributed by atoms with E-state index >= 15 is 0 Å². The van der Waals surface area contributed by atoms with E-state index < -0.39 is 5.97 Å². The first-order valence-corrected chi connectivity index (χ1v) is 4.73. The van der Waals surface area contributed by atoms with Gasteiger partial charge in [-0.25, -0.2) is 4.52 Å². The molecule has 7 heteroatoms. The number of hydrogen-bond acceptors (Lipinski definition) is 4. The van der Waals surface area contributed by atoms with Crippen LogP contribution in [-0.2, 0) is 11.2 Å². The van der Waals surface area contributed by atoms with Crippen LogP contribution in [0.1, 0.15) is 17.7 Å². The van der Waals surface area contributed by atoms with Crippen LogP contribution in [-0.4, -0.2) is 30.7 Å². The molecule has 7 nitrogen and oxygen atoms in total. The van der Waals surface area contributed by atoms with E-state index in [1.165, 1.54) is 10.8 Å². The summed E-state index contributed by atoms with van der Waals surface area (Å²) in [4.78, 5) is 28.5. The summed E-state index contributed by atoms with van der Waals surface area (Å²) in [5, 5.41) is 12.5. The number of nitrogens with one attached hydrogen (secondary N) is 1. The van der Waals surface area contributed by atoms with Gasteiger partial charge in [-0.2, -0.15) is 10.1 Å². The van der Waals surface area contributed by atoms with E-state index in [4.69, 9.17) is 5.11 Å². The number of carboxylic acids is 1. The number of fused-ring (bicyclic) bond motifs is 1. The Balaban J connectivity index is 2.51. The number of H-pyrrole nitrogens is 1. The molecule has 0 saturated carbocycles. The van der Waals surface area contributed by atoms with E-state index in [9.17, 15) is 9.59 Å². The number of aliphatic carboxylic acids is 1. The number of rotatable bonds is 3. The molecule has 2 rings (SSSR count). The van der Waals surface area contributed by atoms with Gasteiger partial charge in [-0.05, 0) is 13.3 Å². The fourth-order valence-electron chi connectivity index (χ4n) is 1.57. The van der Waals surface area contributed by atoms with Gasteiger partial charge in [-0.3, -0.25) is 14.6 Å². The molecule has 2 heterocycles. The highest BCUT2D eigenvalue weighted by Crippen LogP contribution is 2.05. The third kappa shape index (κ3) is 1.67. The van der Waals surface area contributed by atoms with Crippen molar-refractivity contribution in [1.82, 2.24) is 19.6 Å². The molecule has 0 fully saturated rings. The molecule has 0 aliphatic rings. The largest absolute Gasteiger partial charge is 0.481 e. The summed E-state index contributed by atoms with van der Waals surface area (Å²) in [5.41, 5.74) is 0.747. The maximum atomic E-state index is 11.6. The first-order chi connectivity index (χ1) is 7.59. The molecule has 0 spiro atoms. The van der Waals surface area contributed by atoms with Gasteiger partial charge in [0, 0.05) is 12.0 Å². The quantitative estimate of drug-likeness (QED) is 0.745. The summed E-state index contributed by atoms with van der Waals surface area (Å²) >= 11 is 0. The van der Waals surface area contributed by atoms with E-state index in [1.807, 2.05) is 0 Å². The SMILES string of the molecule is Cc1c(CCC(=O)O)c(=O)[nH]c2ncnn12. The fraction of sp³-hybridized carbons (Fsp3) is 0.333. The lowest BCUT2D eigenvalue weighted by atomic mass is 10.1. The first kappa shape index (κ1) is 10.3. The van der Waals surface area contributed by atoms with E-state index in [2.05, 4.69) is 15.1 Å². The van der Waals surface area contributed by atoms with Crippen molar-refractivity contribution in [2.75, 3.05) is 0 Å². The summed E-state index contributed by atoms with van der Waals surface area (Å²) in [6.07, 6.45) is 1.44. The molecular formula is C9H10N4O3. The van der Waals surface area contributed by atoms with Crippen molar-refractivity contribution in [2.24, 2.45) is 0 Å². The van der Waals surface area contributed by atoms with Crippen LogP contribution < -0.4 is 5.56 Å². The zero-order valence-electron chi connectivity index (χ0n) is 8.60. The molecule has 16 heavy (non-hydrogen) atoms. The molecule has 0 aromatic carbocycles. The summed E-state index contributed by atoms with van der Waals surface area (Å²) in [6.45, 7) is 1.72. The van der Waals surface area contributed by atoms with Gasteiger partial charge in [-0.1, -0.05) is 0 Å². The smallest absolute Gasteiger partial charge is 0.303 e. The standard InChI is InChI=1S/C9H10N4O3/c1-5-6(2-3-7(14)15)8(16)12-9-10-4-11-13(5)9/h4H,2-3H2,1H3,(H,14,15)(H,10,11,12,16). The number of aryl methyl sites for hydroxylation is 1. The number of hydrogen-bond donors (Lipinski definition) is 2. The van der Waals surface area contributed by atoms with Crippen LogP contribution in [0.5, 0.6) is 0 Å². The van der Waals surface area contributed by atoms with Crippen molar-refractivity contribution in [3.8, 4) is 0 Å². The maximum absolute atomic E-state index is 11.6. The molecule has 0 saturated heterocycles. The van der Waals surface area contributed by atoms with Crippen molar-refractivity contribution in [2.45, 2.75) is 19.8 Å². The molecule has 84 valence electrons. The maximum Gasteiger partial charge on any atom is 0.303 e. The average Bonchev–Trinajstić information content (AvgIpc) is 2.64. The minimum atomic E-state index is -0.933. The molecule has 2 aromatic rings. The van der Waals surface area contributed by atoms with Crippen LogP contribution >= 0.6 is 0 Å². The summed E-state index contributed by atoms with van der Waals surface area (Å²) in [6, 6.07) is 0. The number of nitrogens with zero attached hydrogens (tertiary/aromatic N) is 3. The van der Waals surface area contributed by atoms with Gasteiger partial charge in [-0.15, -0.1) is 0 Å². The van der Waals surface area contributed by atoms with E-state index in [0.717, 1.165) is 0 Å². The summed E-state index contributed by atoms with van der Waals surface area (Å²) in [5.74, 6) is -0.570. The minimum Gasteiger partial charge on any atom is -0.481 e. The van der Waals surface area contributed by atoms with Gasteiger partial charge in [0.25, 0.3) is 5.56 Å². The monoisotopic (exact) mass is 222 g/mol. The van der Waals surface area contributed by atoms with Gasteiger partial charge in [0.05, 0.1) is 5.69 Å². The first-order valence-electron chi connectivity index (χ1n) is 4.73. The predicted molar refractivity (Wildman–Crippen MR) is 54.3 cm³/mol. The second kappa shape index (κ2) is 3.76.